The highest BCUT2D eigenvalue weighted by molar-refractivity contribution is 7.17. The van der Waals surface area contributed by atoms with Crippen LogP contribution < -0.4 is 5.32 Å². The lowest BCUT2D eigenvalue weighted by molar-refractivity contribution is -0.142. The van der Waals surface area contributed by atoms with Gasteiger partial charge in [0.2, 0.25) is 0 Å². The average Bonchev–Trinajstić information content (AvgIpc) is 3.54. The zero-order valence-electron chi connectivity index (χ0n) is 18.6. The van der Waals surface area contributed by atoms with Crippen LogP contribution in [0.1, 0.15) is 50.3 Å². The molecule has 1 aliphatic rings. The van der Waals surface area contributed by atoms with Crippen molar-refractivity contribution >= 4 is 33.9 Å². The highest BCUT2D eigenvalue weighted by Gasteiger charge is 2.36. The summed E-state index contributed by atoms with van der Waals surface area (Å²) in [5.74, 6) is -0.762. The Kier molecular flexibility index (Phi) is 5.62. The van der Waals surface area contributed by atoms with E-state index < -0.39 is 23.7 Å². The number of alkyl halides is 3. The van der Waals surface area contributed by atoms with Gasteiger partial charge >= 0.3 is 12.1 Å². The fraction of sp³-hybridized carbons (Fsp3) is 0.304. The van der Waals surface area contributed by atoms with Gasteiger partial charge in [-0.3, -0.25) is 4.79 Å². The number of amides is 1. The van der Waals surface area contributed by atoms with Crippen LogP contribution in [0.3, 0.4) is 0 Å². The van der Waals surface area contributed by atoms with Crippen LogP contribution in [-0.2, 0) is 23.8 Å². The summed E-state index contributed by atoms with van der Waals surface area (Å²) in [5.41, 5.74) is -0.488. The molecule has 8 nitrogen and oxygen atoms in total. The molecule has 4 aromatic rings. The lowest BCUT2D eigenvalue weighted by atomic mass is 9.88. The van der Waals surface area contributed by atoms with E-state index in [9.17, 15) is 22.8 Å². The van der Waals surface area contributed by atoms with E-state index in [1.165, 1.54) is 36.8 Å². The van der Waals surface area contributed by atoms with Gasteiger partial charge in [0.05, 0.1) is 18.9 Å². The van der Waals surface area contributed by atoms with Gasteiger partial charge in [0.25, 0.3) is 5.91 Å². The molecule has 0 saturated carbocycles. The zero-order valence-corrected chi connectivity index (χ0v) is 19.4. The largest absolute Gasteiger partial charge is 0.465 e. The van der Waals surface area contributed by atoms with Gasteiger partial charge in [-0.1, -0.05) is 6.92 Å². The number of hydrogen-bond acceptors (Lipinski definition) is 7. The number of aromatic nitrogens is 3. The summed E-state index contributed by atoms with van der Waals surface area (Å²) in [7, 11) is 1.26. The van der Waals surface area contributed by atoms with Crippen LogP contribution in [0.15, 0.2) is 34.9 Å². The second kappa shape index (κ2) is 8.52. The summed E-state index contributed by atoms with van der Waals surface area (Å²) in [6, 6.07) is 4.98. The highest BCUT2D eigenvalue weighted by atomic mass is 32.1. The number of hydrogen-bond donors (Lipinski definition) is 1. The Balaban J connectivity index is 1.54. The molecule has 0 saturated heterocycles. The number of ether oxygens (including phenoxy) is 1. The summed E-state index contributed by atoms with van der Waals surface area (Å²) < 4.78 is 52.0. The van der Waals surface area contributed by atoms with Gasteiger partial charge in [-0.05, 0) is 48.9 Å². The molecule has 182 valence electrons. The van der Waals surface area contributed by atoms with Crippen molar-refractivity contribution in [2.45, 2.75) is 32.4 Å². The van der Waals surface area contributed by atoms with Crippen molar-refractivity contribution in [1.82, 2.24) is 14.6 Å². The predicted molar refractivity (Wildman–Crippen MR) is 120 cm³/mol. The van der Waals surface area contributed by atoms with Gasteiger partial charge in [0.15, 0.2) is 22.8 Å². The van der Waals surface area contributed by atoms with Crippen molar-refractivity contribution in [3.63, 3.8) is 0 Å². The molecule has 1 atom stereocenters. The lowest BCUT2D eigenvalue weighted by Crippen LogP contribution is -2.17. The minimum absolute atomic E-state index is 0.0466. The molecule has 0 spiro atoms. The fourth-order valence-electron chi connectivity index (χ4n) is 4.16. The summed E-state index contributed by atoms with van der Waals surface area (Å²) in [6.45, 7) is 2.11. The van der Waals surface area contributed by atoms with E-state index in [4.69, 9.17) is 9.15 Å². The molecular weight excluding hydrogens is 485 g/mol. The van der Waals surface area contributed by atoms with Gasteiger partial charge in [0, 0.05) is 10.9 Å². The average molecular weight is 504 g/mol. The number of halogens is 3. The first-order valence-electron chi connectivity index (χ1n) is 10.7. The Morgan fingerprint density at radius 3 is 2.80 bits per heavy atom. The normalized spacial score (nSPS) is 15.7. The van der Waals surface area contributed by atoms with E-state index in [1.807, 2.05) is 0 Å². The minimum Gasteiger partial charge on any atom is -0.465 e. The van der Waals surface area contributed by atoms with E-state index in [0.29, 0.717) is 21.9 Å². The third-order valence-electron chi connectivity index (χ3n) is 5.85. The van der Waals surface area contributed by atoms with E-state index in [1.54, 1.807) is 0 Å². The Bertz CT molecular complexity index is 1440. The van der Waals surface area contributed by atoms with E-state index in [-0.39, 0.29) is 28.4 Å². The van der Waals surface area contributed by atoms with Crippen molar-refractivity contribution in [1.29, 1.82) is 0 Å². The molecule has 0 aromatic carbocycles. The Morgan fingerprint density at radius 1 is 1.31 bits per heavy atom. The number of rotatable bonds is 4. The highest BCUT2D eigenvalue weighted by Crippen LogP contribution is 2.40. The number of methoxy groups -OCH3 is 1. The first-order chi connectivity index (χ1) is 16.7. The standard InChI is InChI=1S/C23H19F3N4O4S/c1-11-5-6-12-16(8-11)35-21(19(12)22(32)33-2)28-20(31)14-10-18-27-13(15-4-3-7-34-15)9-17(23(24,25)26)30(18)29-14/h3-4,7,9-11H,5-6,8H2,1-2H3,(H,28,31). The number of furan rings is 1. The molecule has 12 heteroatoms. The molecule has 1 unspecified atom stereocenters. The molecule has 0 fully saturated rings. The van der Waals surface area contributed by atoms with Crippen molar-refractivity contribution in [2.75, 3.05) is 12.4 Å². The van der Waals surface area contributed by atoms with Crippen LogP contribution in [0.25, 0.3) is 17.1 Å². The summed E-state index contributed by atoms with van der Waals surface area (Å²) in [4.78, 5) is 30.7. The maximum absolute atomic E-state index is 13.8. The zero-order chi connectivity index (χ0) is 24.9. The maximum Gasteiger partial charge on any atom is 0.433 e. The molecule has 4 aromatic heterocycles. The maximum atomic E-state index is 13.8. The first-order valence-corrected chi connectivity index (χ1v) is 11.5. The molecule has 5 rings (SSSR count). The molecule has 1 amide bonds. The van der Waals surface area contributed by atoms with Gasteiger partial charge in [-0.2, -0.15) is 18.3 Å². The van der Waals surface area contributed by atoms with Crippen molar-refractivity contribution in [3.8, 4) is 11.5 Å². The lowest BCUT2D eigenvalue weighted by Gasteiger charge is -2.18. The van der Waals surface area contributed by atoms with Crippen LogP contribution in [0.2, 0.25) is 0 Å². The van der Waals surface area contributed by atoms with Crippen LogP contribution in [0, 0.1) is 5.92 Å². The number of carbonyl (C=O) groups is 2. The number of thiophene rings is 1. The van der Waals surface area contributed by atoms with Crippen LogP contribution in [0.4, 0.5) is 18.2 Å². The molecule has 35 heavy (non-hydrogen) atoms. The first kappa shape index (κ1) is 23.1. The monoisotopic (exact) mass is 504 g/mol. The number of nitrogens with zero attached hydrogens (tertiary/aromatic N) is 3. The van der Waals surface area contributed by atoms with Gasteiger partial charge in [-0.15, -0.1) is 11.3 Å². The Morgan fingerprint density at radius 2 is 2.11 bits per heavy atom. The molecular formula is C23H19F3N4O4S. The Labute approximate surface area is 200 Å². The fourth-order valence-corrected chi connectivity index (χ4v) is 5.56. The second-order valence-electron chi connectivity index (χ2n) is 8.30. The molecule has 1 N–H and O–H groups in total. The van der Waals surface area contributed by atoms with E-state index in [0.717, 1.165) is 35.4 Å². The SMILES string of the molecule is COC(=O)c1c(NC(=O)c2cc3nc(-c4ccco4)cc(C(F)(F)F)n3n2)sc2c1CCC(C)C2. The number of esters is 1. The number of anilines is 1. The Hall–Kier alpha value is -3.67. The topological polar surface area (TPSA) is 98.7 Å². The quantitative estimate of drug-likeness (QED) is 0.382. The van der Waals surface area contributed by atoms with Crippen molar-refractivity contribution in [3.05, 3.63) is 57.9 Å². The number of fused-ring (bicyclic) bond motifs is 2. The number of nitrogens with one attached hydrogen (secondary N) is 1. The minimum atomic E-state index is -4.76. The smallest absolute Gasteiger partial charge is 0.433 e. The molecule has 4 heterocycles. The summed E-state index contributed by atoms with van der Waals surface area (Å²) >= 11 is 1.27. The summed E-state index contributed by atoms with van der Waals surface area (Å²) in [5, 5.41) is 6.81. The third-order valence-corrected chi connectivity index (χ3v) is 7.02. The molecule has 1 aliphatic carbocycles. The van der Waals surface area contributed by atoms with E-state index >= 15 is 0 Å². The molecule has 0 radical (unpaired) electrons. The van der Waals surface area contributed by atoms with Crippen LogP contribution in [0.5, 0.6) is 0 Å². The van der Waals surface area contributed by atoms with Crippen molar-refractivity contribution in [2.24, 2.45) is 5.92 Å². The third kappa shape index (κ3) is 4.18. The molecule has 0 aliphatic heterocycles. The van der Waals surface area contributed by atoms with Crippen molar-refractivity contribution < 1.29 is 31.9 Å². The van der Waals surface area contributed by atoms with E-state index in [2.05, 4.69) is 22.3 Å². The summed E-state index contributed by atoms with van der Waals surface area (Å²) in [6.07, 6.45) is -1.09. The number of carbonyl (C=O) groups excluding carboxylic acids is 2. The van der Waals surface area contributed by atoms with Gasteiger partial charge < -0.3 is 14.5 Å². The van der Waals surface area contributed by atoms with Gasteiger partial charge in [0.1, 0.15) is 10.7 Å². The van der Waals surface area contributed by atoms with Crippen LogP contribution in [-0.4, -0.2) is 33.6 Å². The molecule has 0 bridgehead atoms. The van der Waals surface area contributed by atoms with Gasteiger partial charge in [-0.25, -0.2) is 14.3 Å². The van der Waals surface area contributed by atoms with Crippen LogP contribution >= 0.6 is 11.3 Å². The predicted octanol–water partition coefficient (Wildman–Crippen LogP) is 5.23. The second-order valence-corrected chi connectivity index (χ2v) is 9.41.